The third kappa shape index (κ3) is 2.52. The van der Waals surface area contributed by atoms with Crippen LogP contribution in [0.25, 0.3) is 0 Å². The lowest BCUT2D eigenvalue weighted by Crippen LogP contribution is -2.44. The molecule has 3 rings (SSSR count). The average molecular weight is 254 g/mol. The van der Waals surface area contributed by atoms with E-state index in [4.69, 9.17) is 0 Å². The summed E-state index contributed by atoms with van der Waals surface area (Å²) < 4.78 is 0. The maximum atomic E-state index is 2.85. The highest BCUT2D eigenvalue weighted by Crippen LogP contribution is 2.34. The van der Waals surface area contributed by atoms with Gasteiger partial charge in [-0.2, -0.15) is 11.8 Å². The van der Waals surface area contributed by atoms with Crippen LogP contribution in [0.5, 0.6) is 0 Å². The van der Waals surface area contributed by atoms with Crippen molar-refractivity contribution >= 4 is 11.8 Å². The van der Waals surface area contributed by atoms with E-state index in [1.807, 2.05) is 0 Å². The van der Waals surface area contributed by atoms with Crippen molar-refractivity contribution in [2.45, 2.75) is 55.9 Å². The minimum atomic E-state index is 0.889. The summed E-state index contributed by atoms with van der Waals surface area (Å²) in [4.78, 5) is 5.60. The fourth-order valence-electron chi connectivity index (χ4n) is 4.14. The van der Waals surface area contributed by atoms with Gasteiger partial charge in [-0.25, -0.2) is 0 Å². The molecule has 0 radical (unpaired) electrons. The molecule has 3 atom stereocenters. The molecular formula is C14H26N2S. The van der Waals surface area contributed by atoms with Crippen LogP contribution in [0.3, 0.4) is 0 Å². The summed E-state index contributed by atoms with van der Waals surface area (Å²) in [5, 5.41) is 0.919. The first-order chi connectivity index (χ1) is 8.38. The molecule has 1 aliphatic carbocycles. The lowest BCUT2D eigenvalue weighted by atomic mass is 10.1. The number of hydrogen-bond donors (Lipinski definition) is 0. The van der Waals surface area contributed by atoms with Crippen LogP contribution < -0.4 is 0 Å². The van der Waals surface area contributed by atoms with Crippen LogP contribution in [-0.2, 0) is 0 Å². The minimum Gasteiger partial charge on any atom is -0.299 e. The molecule has 3 aliphatic rings. The molecule has 3 unspecified atom stereocenters. The van der Waals surface area contributed by atoms with Gasteiger partial charge < -0.3 is 0 Å². The number of hydrogen-bond acceptors (Lipinski definition) is 3. The summed E-state index contributed by atoms with van der Waals surface area (Å²) in [5.41, 5.74) is 0. The van der Waals surface area contributed by atoms with Gasteiger partial charge in [0.1, 0.15) is 0 Å². The molecular weight excluding hydrogens is 228 g/mol. The summed E-state index contributed by atoms with van der Waals surface area (Å²) in [5.74, 6) is 0. The molecule has 2 nitrogen and oxygen atoms in total. The average Bonchev–Trinajstić information content (AvgIpc) is 2.94. The molecule has 0 spiro atoms. The standard InChI is InChI=1S/C14H26N2S/c1-17-14-7-2-6-13(14)16-10-4-9-15-8-3-5-12(15)11-16/h12-14H,2-11H2,1H3. The minimum absolute atomic E-state index is 0.889. The Morgan fingerprint density at radius 1 is 0.882 bits per heavy atom. The second-order valence-corrected chi connectivity index (χ2v) is 7.03. The van der Waals surface area contributed by atoms with Gasteiger partial charge in [0.15, 0.2) is 0 Å². The monoisotopic (exact) mass is 254 g/mol. The van der Waals surface area contributed by atoms with Crippen LogP contribution in [0.2, 0.25) is 0 Å². The van der Waals surface area contributed by atoms with Gasteiger partial charge in [-0.3, -0.25) is 9.80 Å². The van der Waals surface area contributed by atoms with Crippen LogP contribution >= 0.6 is 11.8 Å². The molecule has 2 aliphatic heterocycles. The molecule has 3 heteroatoms. The summed E-state index contributed by atoms with van der Waals surface area (Å²) in [7, 11) is 0. The molecule has 0 aromatic heterocycles. The summed E-state index contributed by atoms with van der Waals surface area (Å²) >= 11 is 2.11. The molecule has 0 N–H and O–H groups in total. The van der Waals surface area contributed by atoms with Crippen molar-refractivity contribution in [2.24, 2.45) is 0 Å². The first-order valence-electron chi connectivity index (χ1n) is 7.39. The Bertz CT molecular complexity index is 259. The van der Waals surface area contributed by atoms with E-state index < -0.39 is 0 Å². The van der Waals surface area contributed by atoms with E-state index in [0.29, 0.717) is 0 Å². The Kier molecular flexibility index (Phi) is 3.98. The fourth-order valence-corrected chi connectivity index (χ4v) is 5.16. The van der Waals surface area contributed by atoms with Crippen LogP contribution in [0.15, 0.2) is 0 Å². The zero-order valence-corrected chi connectivity index (χ0v) is 11.9. The van der Waals surface area contributed by atoms with Gasteiger partial charge in [0.05, 0.1) is 0 Å². The lowest BCUT2D eigenvalue weighted by Gasteiger charge is -2.33. The zero-order chi connectivity index (χ0) is 11.7. The van der Waals surface area contributed by atoms with E-state index in [1.54, 1.807) is 0 Å². The van der Waals surface area contributed by atoms with E-state index in [2.05, 4.69) is 27.8 Å². The van der Waals surface area contributed by atoms with Crippen molar-refractivity contribution in [1.29, 1.82) is 0 Å². The first-order valence-corrected chi connectivity index (χ1v) is 8.68. The molecule has 3 fully saturated rings. The maximum Gasteiger partial charge on any atom is 0.0223 e. The Labute approximate surface area is 110 Å². The lowest BCUT2D eigenvalue weighted by molar-refractivity contribution is 0.177. The molecule has 1 saturated carbocycles. The van der Waals surface area contributed by atoms with Gasteiger partial charge in [0, 0.05) is 23.9 Å². The molecule has 0 aromatic carbocycles. The predicted molar refractivity (Wildman–Crippen MR) is 75.7 cm³/mol. The van der Waals surface area contributed by atoms with Gasteiger partial charge in [-0.15, -0.1) is 0 Å². The van der Waals surface area contributed by atoms with Gasteiger partial charge in [-0.1, -0.05) is 6.42 Å². The van der Waals surface area contributed by atoms with Crippen molar-refractivity contribution in [3.05, 3.63) is 0 Å². The molecule has 0 amide bonds. The zero-order valence-electron chi connectivity index (χ0n) is 11.1. The Morgan fingerprint density at radius 3 is 2.59 bits per heavy atom. The molecule has 98 valence electrons. The number of nitrogens with zero attached hydrogens (tertiary/aromatic N) is 2. The number of rotatable bonds is 2. The van der Waals surface area contributed by atoms with Crippen molar-refractivity contribution < 1.29 is 0 Å². The van der Waals surface area contributed by atoms with Crippen LogP contribution in [-0.4, -0.2) is 59.6 Å². The molecule has 0 bridgehead atoms. The highest BCUT2D eigenvalue weighted by molar-refractivity contribution is 7.99. The van der Waals surface area contributed by atoms with Crippen molar-refractivity contribution in [3.8, 4) is 0 Å². The smallest absolute Gasteiger partial charge is 0.0223 e. The highest BCUT2D eigenvalue weighted by Gasteiger charge is 2.36. The molecule has 0 aromatic rings. The van der Waals surface area contributed by atoms with Crippen molar-refractivity contribution in [1.82, 2.24) is 9.80 Å². The number of fused-ring (bicyclic) bond motifs is 1. The number of thioether (sulfide) groups is 1. The van der Waals surface area contributed by atoms with E-state index in [9.17, 15) is 0 Å². The molecule has 17 heavy (non-hydrogen) atoms. The predicted octanol–water partition coefficient (Wildman–Crippen LogP) is 2.44. The fraction of sp³-hybridized carbons (Fsp3) is 1.00. The molecule has 2 heterocycles. The maximum absolute atomic E-state index is 2.85. The second-order valence-electron chi connectivity index (χ2n) is 5.95. The highest BCUT2D eigenvalue weighted by atomic mass is 32.2. The third-order valence-corrected chi connectivity index (χ3v) is 6.18. The Hall–Kier alpha value is 0.270. The van der Waals surface area contributed by atoms with E-state index in [0.717, 1.165) is 17.3 Å². The third-order valence-electron chi connectivity index (χ3n) is 5.02. The van der Waals surface area contributed by atoms with Crippen LogP contribution in [0, 0.1) is 0 Å². The topological polar surface area (TPSA) is 6.48 Å². The summed E-state index contributed by atoms with van der Waals surface area (Å²) in [6, 6.07) is 1.78. The van der Waals surface area contributed by atoms with Crippen molar-refractivity contribution in [3.63, 3.8) is 0 Å². The largest absolute Gasteiger partial charge is 0.299 e. The van der Waals surface area contributed by atoms with E-state index in [1.165, 1.54) is 64.7 Å². The van der Waals surface area contributed by atoms with Gasteiger partial charge in [-0.05, 0) is 58.0 Å². The van der Waals surface area contributed by atoms with Gasteiger partial charge in [0.25, 0.3) is 0 Å². The van der Waals surface area contributed by atoms with Crippen molar-refractivity contribution in [2.75, 3.05) is 32.4 Å². The van der Waals surface area contributed by atoms with Crippen LogP contribution in [0.1, 0.15) is 38.5 Å². The Balaban J connectivity index is 1.66. The summed E-state index contributed by atoms with van der Waals surface area (Å²) in [6.07, 6.45) is 11.0. The quantitative estimate of drug-likeness (QED) is 0.747. The van der Waals surface area contributed by atoms with Gasteiger partial charge in [0.2, 0.25) is 0 Å². The Morgan fingerprint density at radius 2 is 1.71 bits per heavy atom. The second kappa shape index (κ2) is 5.50. The normalized spacial score (nSPS) is 40.4. The van der Waals surface area contributed by atoms with Gasteiger partial charge >= 0.3 is 0 Å². The van der Waals surface area contributed by atoms with E-state index in [-0.39, 0.29) is 0 Å². The van der Waals surface area contributed by atoms with E-state index >= 15 is 0 Å². The summed E-state index contributed by atoms with van der Waals surface area (Å²) in [6.45, 7) is 5.45. The molecule has 2 saturated heterocycles. The SMILES string of the molecule is CSC1CCCC1N1CCCN2CCCC2C1. The first kappa shape index (κ1) is 12.3. The van der Waals surface area contributed by atoms with Crippen LogP contribution in [0.4, 0.5) is 0 Å².